The maximum atomic E-state index is 10.4. The van der Waals surface area contributed by atoms with Crippen molar-refractivity contribution in [2.24, 2.45) is 0 Å². The first-order valence-corrected chi connectivity index (χ1v) is 4.49. The van der Waals surface area contributed by atoms with Crippen LogP contribution in [0.1, 0.15) is 0 Å². The zero-order valence-electron chi connectivity index (χ0n) is 6.21. The molecule has 0 saturated carbocycles. The first-order chi connectivity index (χ1) is 5.13. The third kappa shape index (κ3) is 3.00. The quantitative estimate of drug-likeness (QED) is 0.472. The van der Waals surface area contributed by atoms with E-state index in [-0.39, 0.29) is 44.5 Å². The summed E-state index contributed by atoms with van der Waals surface area (Å²) in [6.07, 6.45) is 0. The van der Waals surface area contributed by atoms with Gasteiger partial charge in [-0.2, -0.15) is 0 Å². The third-order valence-corrected chi connectivity index (χ3v) is 2.73. The first kappa shape index (κ1) is 12.9. The molecule has 1 aromatic carbocycles. The molecule has 0 fully saturated rings. The number of hydrogen-bond donors (Lipinski definition) is 0. The summed E-state index contributed by atoms with van der Waals surface area (Å²) in [6, 6.07) is 4.44. The predicted octanol–water partition coefficient (Wildman–Crippen LogP) is -0.765. The molecule has 2 nitrogen and oxygen atoms in total. The summed E-state index contributed by atoms with van der Waals surface area (Å²) in [5.74, 6) is 0. The molecule has 1 atom stereocenters. The number of benzene rings is 1. The monoisotopic (exact) mass is 232 g/mol. The van der Waals surface area contributed by atoms with Crippen molar-refractivity contribution >= 4 is 34.3 Å². The Morgan fingerprint density at radius 1 is 1.33 bits per heavy atom. The topological polar surface area (TPSA) is 40.1 Å². The Bertz CT molecular complexity index is 306. The fourth-order valence-corrected chi connectivity index (χ4v) is 1.60. The molecule has 0 heterocycles. The van der Waals surface area contributed by atoms with E-state index in [1.807, 2.05) is 0 Å². The van der Waals surface area contributed by atoms with Crippen molar-refractivity contribution in [1.82, 2.24) is 0 Å². The van der Waals surface area contributed by atoms with E-state index in [2.05, 4.69) is 0 Å². The summed E-state index contributed by atoms with van der Waals surface area (Å²) in [5, 5.41) is 0.316. The Labute approximate surface area is 105 Å². The summed E-state index contributed by atoms with van der Waals surface area (Å²) in [7, 11) is 0. The standard InChI is InChI=1S/C6H4Cl2O2S.Na/c7-4-2-1-3-5(6(4)8)11(9)10;/h1-3H,(H,9,10);/q;+1/p-1. The molecule has 12 heavy (non-hydrogen) atoms. The minimum absolute atomic E-state index is 0. The maximum absolute atomic E-state index is 10.4. The molecular formula is C6H3Cl2NaO2S. The van der Waals surface area contributed by atoms with Crippen LogP contribution in [0.4, 0.5) is 0 Å². The van der Waals surface area contributed by atoms with Crippen molar-refractivity contribution in [3.63, 3.8) is 0 Å². The van der Waals surface area contributed by atoms with Crippen molar-refractivity contribution in [3.8, 4) is 0 Å². The molecule has 0 radical (unpaired) electrons. The van der Waals surface area contributed by atoms with Gasteiger partial charge in [-0.1, -0.05) is 29.3 Å². The first-order valence-electron chi connectivity index (χ1n) is 2.66. The van der Waals surface area contributed by atoms with E-state index in [1.165, 1.54) is 18.2 Å². The van der Waals surface area contributed by atoms with Gasteiger partial charge in [-0.3, -0.25) is 4.21 Å². The van der Waals surface area contributed by atoms with E-state index in [0.717, 1.165) is 0 Å². The van der Waals surface area contributed by atoms with Gasteiger partial charge in [0.05, 0.1) is 10.0 Å². The van der Waals surface area contributed by atoms with Crippen molar-refractivity contribution in [1.29, 1.82) is 0 Å². The molecular weight excluding hydrogens is 230 g/mol. The second kappa shape index (κ2) is 5.60. The molecule has 0 spiro atoms. The summed E-state index contributed by atoms with van der Waals surface area (Å²) >= 11 is 8.80. The second-order valence-electron chi connectivity index (χ2n) is 1.79. The summed E-state index contributed by atoms with van der Waals surface area (Å²) in [5.41, 5.74) is 0. The number of hydrogen-bond acceptors (Lipinski definition) is 2. The smallest absolute Gasteiger partial charge is 0.768 e. The van der Waals surface area contributed by atoms with E-state index in [4.69, 9.17) is 23.2 Å². The van der Waals surface area contributed by atoms with Crippen LogP contribution in [-0.4, -0.2) is 8.76 Å². The van der Waals surface area contributed by atoms with Gasteiger partial charge >= 0.3 is 29.6 Å². The normalized spacial score (nSPS) is 11.9. The molecule has 0 aliphatic heterocycles. The van der Waals surface area contributed by atoms with Crippen LogP contribution in [0.5, 0.6) is 0 Å². The molecule has 0 aliphatic carbocycles. The molecule has 1 unspecified atom stereocenters. The van der Waals surface area contributed by atoms with E-state index in [1.54, 1.807) is 0 Å². The van der Waals surface area contributed by atoms with E-state index in [0.29, 0.717) is 0 Å². The zero-order valence-corrected chi connectivity index (χ0v) is 10.5. The SMILES string of the molecule is O=S([O-])c1cccc(Cl)c1Cl.[Na+]. The van der Waals surface area contributed by atoms with Gasteiger partial charge in [-0.25, -0.2) is 0 Å². The Morgan fingerprint density at radius 3 is 2.33 bits per heavy atom. The molecule has 0 N–H and O–H groups in total. The van der Waals surface area contributed by atoms with Gasteiger partial charge in [0, 0.05) is 4.90 Å². The van der Waals surface area contributed by atoms with E-state index in [9.17, 15) is 8.76 Å². The van der Waals surface area contributed by atoms with Gasteiger partial charge in [0.1, 0.15) is 0 Å². The van der Waals surface area contributed by atoms with Gasteiger partial charge in [-0.15, -0.1) is 0 Å². The van der Waals surface area contributed by atoms with Crippen molar-refractivity contribution < 1.29 is 38.3 Å². The molecule has 1 rings (SSSR count). The summed E-state index contributed by atoms with van der Waals surface area (Å²) in [6.45, 7) is 0. The van der Waals surface area contributed by atoms with Crippen LogP contribution in [0, 0.1) is 0 Å². The van der Waals surface area contributed by atoms with Gasteiger partial charge in [0.15, 0.2) is 0 Å². The van der Waals surface area contributed by atoms with Crippen LogP contribution in [-0.2, 0) is 11.1 Å². The molecule has 60 valence electrons. The van der Waals surface area contributed by atoms with Crippen molar-refractivity contribution in [3.05, 3.63) is 28.2 Å². The molecule has 0 saturated heterocycles. The van der Waals surface area contributed by atoms with Gasteiger partial charge in [0.25, 0.3) is 0 Å². The van der Waals surface area contributed by atoms with Crippen molar-refractivity contribution in [2.75, 3.05) is 0 Å². The van der Waals surface area contributed by atoms with Crippen LogP contribution in [0.15, 0.2) is 23.1 Å². The average molecular weight is 233 g/mol. The maximum Gasteiger partial charge on any atom is 1.00 e. The Balaban J connectivity index is 0.00000121. The number of rotatable bonds is 1. The van der Waals surface area contributed by atoms with Crippen molar-refractivity contribution in [2.45, 2.75) is 4.90 Å². The van der Waals surface area contributed by atoms with Gasteiger partial charge in [-0.05, 0) is 23.2 Å². The molecule has 1 aromatic rings. The third-order valence-electron chi connectivity index (χ3n) is 1.10. The van der Waals surface area contributed by atoms with Crippen LogP contribution in [0.3, 0.4) is 0 Å². The number of halogens is 2. The largest absolute Gasteiger partial charge is 1.00 e. The molecule has 0 aliphatic rings. The Hall–Kier alpha value is 0.910. The summed E-state index contributed by atoms with van der Waals surface area (Å²) in [4.78, 5) is 0.0270. The summed E-state index contributed by atoms with van der Waals surface area (Å²) < 4.78 is 20.9. The minimum Gasteiger partial charge on any atom is -0.768 e. The van der Waals surface area contributed by atoms with Crippen LogP contribution in [0.2, 0.25) is 10.0 Å². The van der Waals surface area contributed by atoms with Gasteiger partial charge in [0.2, 0.25) is 0 Å². The predicted molar refractivity (Wildman–Crippen MR) is 43.6 cm³/mol. The molecule has 0 amide bonds. The Kier molecular flexibility index (Phi) is 6.03. The fourth-order valence-electron chi connectivity index (χ4n) is 0.613. The van der Waals surface area contributed by atoms with Crippen LogP contribution >= 0.6 is 23.2 Å². The Morgan fingerprint density at radius 2 is 1.92 bits per heavy atom. The average Bonchev–Trinajstić information content (AvgIpc) is 1.94. The second-order valence-corrected chi connectivity index (χ2v) is 3.48. The van der Waals surface area contributed by atoms with E-state index >= 15 is 0 Å². The molecule has 0 bridgehead atoms. The van der Waals surface area contributed by atoms with Crippen LogP contribution in [0.25, 0.3) is 0 Å². The van der Waals surface area contributed by atoms with E-state index < -0.39 is 11.1 Å². The van der Waals surface area contributed by atoms with Crippen LogP contribution < -0.4 is 29.6 Å². The minimum atomic E-state index is -2.32. The van der Waals surface area contributed by atoms with Gasteiger partial charge < -0.3 is 4.55 Å². The molecule has 6 heteroatoms. The molecule has 0 aromatic heterocycles. The fraction of sp³-hybridized carbons (Fsp3) is 0. The zero-order chi connectivity index (χ0) is 8.43.